The number of esters is 1. The fourth-order valence-corrected chi connectivity index (χ4v) is 3.55. The Bertz CT molecular complexity index is 1010. The van der Waals surface area contributed by atoms with Crippen LogP contribution in [0.3, 0.4) is 0 Å². The number of oxazole rings is 1. The molecule has 3 aromatic rings. The molecule has 0 saturated heterocycles. The zero-order valence-corrected chi connectivity index (χ0v) is 14.5. The van der Waals surface area contributed by atoms with Crippen LogP contribution in [0.15, 0.2) is 69.0 Å². The van der Waals surface area contributed by atoms with E-state index in [1.54, 1.807) is 30.3 Å². The lowest BCUT2D eigenvalue weighted by atomic mass is 10.2. The highest BCUT2D eigenvalue weighted by molar-refractivity contribution is 7.91. The van der Waals surface area contributed by atoms with Crippen LogP contribution in [0.25, 0.3) is 11.5 Å². The van der Waals surface area contributed by atoms with Crippen molar-refractivity contribution in [3.63, 3.8) is 0 Å². The molecule has 1 heterocycles. The quantitative estimate of drug-likeness (QED) is 0.645. The molecule has 0 spiro atoms. The molecular weight excluding hydrogens is 366 g/mol. The van der Waals surface area contributed by atoms with E-state index < -0.39 is 26.6 Å². The van der Waals surface area contributed by atoms with Gasteiger partial charge in [-0.15, -0.1) is 0 Å². The Kier molecular flexibility index (Phi) is 4.61. The van der Waals surface area contributed by atoms with Crippen molar-refractivity contribution in [2.45, 2.75) is 9.99 Å². The number of aromatic nitrogens is 1. The van der Waals surface area contributed by atoms with E-state index in [0.29, 0.717) is 10.6 Å². The zero-order chi connectivity index (χ0) is 18.0. The van der Waals surface area contributed by atoms with Gasteiger partial charge in [0.15, 0.2) is 0 Å². The molecule has 128 valence electrons. The second-order valence-corrected chi connectivity index (χ2v) is 7.26. The first-order chi connectivity index (χ1) is 11.9. The second kappa shape index (κ2) is 6.70. The molecule has 6 nitrogen and oxygen atoms in total. The molecule has 0 atom stereocenters. The molecule has 25 heavy (non-hydrogen) atoms. The van der Waals surface area contributed by atoms with Gasteiger partial charge in [0.05, 0.1) is 12.0 Å². The van der Waals surface area contributed by atoms with Gasteiger partial charge in [0.2, 0.25) is 21.4 Å². The number of nitrogens with zero attached hydrogens (tertiary/aromatic N) is 1. The number of hydrogen-bond acceptors (Lipinski definition) is 6. The van der Waals surface area contributed by atoms with E-state index in [2.05, 4.69) is 9.72 Å². The summed E-state index contributed by atoms with van der Waals surface area (Å²) in [6.07, 6.45) is 0. The molecule has 1 aromatic heterocycles. The first-order valence-electron chi connectivity index (χ1n) is 7.08. The highest BCUT2D eigenvalue weighted by Gasteiger charge is 2.32. The first kappa shape index (κ1) is 17.2. The summed E-state index contributed by atoms with van der Waals surface area (Å²) in [4.78, 5) is 15.9. The highest BCUT2D eigenvalue weighted by Crippen LogP contribution is 2.30. The van der Waals surface area contributed by atoms with Crippen LogP contribution >= 0.6 is 11.6 Å². The lowest BCUT2D eigenvalue weighted by molar-refractivity contribution is 0.0587. The number of rotatable bonds is 4. The normalized spacial score (nSPS) is 11.3. The van der Waals surface area contributed by atoms with Crippen LogP contribution in [-0.2, 0) is 14.6 Å². The van der Waals surface area contributed by atoms with Crippen molar-refractivity contribution < 1.29 is 22.4 Å². The summed E-state index contributed by atoms with van der Waals surface area (Å²) in [5.74, 6) is -0.896. The maximum Gasteiger partial charge on any atom is 0.361 e. The molecule has 2 aromatic carbocycles. The molecule has 8 heteroatoms. The van der Waals surface area contributed by atoms with Crippen LogP contribution < -0.4 is 0 Å². The van der Waals surface area contributed by atoms with Crippen molar-refractivity contribution in [3.05, 3.63) is 65.3 Å². The molecule has 0 fully saturated rings. The number of sulfone groups is 1. The van der Waals surface area contributed by atoms with Crippen molar-refractivity contribution in [2.24, 2.45) is 0 Å². The van der Waals surface area contributed by atoms with Gasteiger partial charge in [0.1, 0.15) is 0 Å². The fourth-order valence-electron chi connectivity index (χ4n) is 2.14. The largest absolute Gasteiger partial charge is 0.464 e. The van der Waals surface area contributed by atoms with E-state index in [-0.39, 0.29) is 10.8 Å². The third-order valence-electron chi connectivity index (χ3n) is 3.36. The number of hydrogen-bond donors (Lipinski definition) is 0. The van der Waals surface area contributed by atoms with Gasteiger partial charge in [-0.25, -0.2) is 18.2 Å². The summed E-state index contributed by atoms with van der Waals surface area (Å²) in [7, 11) is -2.98. The van der Waals surface area contributed by atoms with Gasteiger partial charge in [0, 0.05) is 10.6 Å². The van der Waals surface area contributed by atoms with E-state index in [0.717, 1.165) is 7.11 Å². The van der Waals surface area contributed by atoms with E-state index in [1.807, 2.05) is 0 Å². The Balaban J connectivity index is 2.18. The Morgan fingerprint density at radius 3 is 2.32 bits per heavy atom. The Hall–Kier alpha value is -2.64. The molecule has 0 aliphatic rings. The van der Waals surface area contributed by atoms with E-state index >= 15 is 0 Å². The van der Waals surface area contributed by atoms with Crippen LogP contribution in [-0.4, -0.2) is 26.5 Å². The van der Waals surface area contributed by atoms with Crippen LogP contribution in [0.2, 0.25) is 5.02 Å². The topological polar surface area (TPSA) is 86.5 Å². The van der Waals surface area contributed by atoms with Crippen LogP contribution in [0, 0.1) is 0 Å². The molecule has 0 unspecified atom stereocenters. The Morgan fingerprint density at radius 2 is 1.72 bits per heavy atom. The Labute approximate surface area is 148 Å². The molecule has 3 rings (SSSR count). The van der Waals surface area contributed by atoms with Crippen molar-refractivity contribution in [1.82, 2.24) is 4.98 Å². The first-order valence-corrected chi connectivity index (χ1v) is 8.95. The predicted molar refractivity (Wildman–Crippen MR) is 90.2 cm³/mol. The van der Waals surface area contributed by atoms with Gasteiger partial charge < -0.3 is 9.15 Å². The van der Waals surface area contributed by atoms with Crippen molar-refractivity contribution >= 4 is 27.4 Å². The molecule has 0 bridgehead atoms. The predicted octanol–water partition coefficient (Wildman–Crippen LogP) is 3.61. The van der Waals surface area contributed by atoms with Gasteiger partial charge >= 0.3 is 5.97 Å². The van der Waals surface area contributed by atoms with Gasteiger partial charge in [0.25, 0.3) is 5.09 Å². The van der Waals surface area contributed by atoms with Gasteiger partial charge in [-0.05, 0) is 36.4 Å². The number of methoxy groups -OCH3 is 1. The highest BCUT2D eigenvalue weighted by atomic mass is 35.5. The summed E-state index contributed by atoms with van der Waals surface area (Å²) >= 11 is 5.79. The smallest absolute Gasteiger partial charge is 0.361 e. The van der Waals surface area contributed by atoms with Gasteiger partial charge in [-0.3, -0.25) is 0 Å². The lowest BCUT2D eigenvalue weighted by Gasteiger charge is -2.03. The number of ether oxygens (including phenoxy) is 1. The monoisotopic (exact) mass is 377 g/mol. The van der Waals surface area contributed by atoms with Crippen molar-refractivity contribution in [1.29, 1.82) is 0 Å². The molecule has 0 saturated carbocycles. The third kappa shape index (κ3) is 3.29. The second-order valence-electron chi connectivity index (χ2n) is 4.97. The van der Waals surface area contributed by atoms with Crippen molar-refractivity contribution in [2.75, 3.05) is 7.11 Å². The summed E-state index contributed by atoms with van der Waals surface area (Å²) < 4.78 is 35.8. The minimum absolute atomic E-state index is 0.00791. The van der Waals surface area contributed by atoms with Crippen molar-refractivity contribution in [3.8, 4) is 11.5 Å². The van der Waals surface area contributed by atoms with Gasteiger partial charge in [-0.1, -0.05) is 29.8 Å². The molecular formula is C17H12ClNO5S. The third-order valence-corrected chi connectivity index (χ3v) is 5.27. The molecule has 0 N–H and O–H groups in total. The maximum absolute atomic E-state index is 12.8. The summed E-state index contributed by atoms with van der Waals surface area (Å²) in [5.41, 5.74) is 0.126. The molecule has 0 aliphatic heterocycles. The van der Waals surface area contributed by atoms with Gasteiger partial charge in [-0.2, -0.15) is 0 Å². The average molecular weight is 378 g/mol. The molecule has 0 amide bonds. The number of halogens is 1. The Morgan fingerprint density at radius 1 is 1.08 bits per heavy atom. The van der Waals surface area contributed by atoms with E-state index in [9.17, 15) is 13.2 Å². The van der Waals surface area contributed by atoms with Crippen LogP contribution in [0.4, 0.5) is 0 Å². The molecule has 0 aliphatic carbocycles. The minimum atomic E-state index is -4.12. The van der Waals surface area contributed by atoms with E-state index in [1.165, 1.54) is 24.3 Å². The minimum Gasteiger partial charge on any atom is -0.464 e. The SMILES string of the molecule is COC(=O)c1nc(-c2ccccc2)oc1S(=O)(=O)c1ccc(Cl)cc1. The molecule has 0 radical (unpaired) electrons. The number of carbonyl (C=O) groups is 1. The number of carbonyl (C=O) groups excluding carboxylic acids is 1. The maximum atomic E-state index is 12.8. The summed E-state index contributed by atoms with van der Waals surface area (Å²) in [5, 5.41) is -0.185. The van der Waals surface area contributed by atoms with Crippen LogP contribution in [0.1, 0.15) is 10.5 Å². The standard InChI is InChI=1S/C17H12ClNO5S/c1-23-16(20)14-17(24-15(19-14)11-5-3-2-4-6-11)25(21,22)13-9-7-12(18)8-10-13/h2-10H,1H3. The summed E-state index contributed by atoms with van der Waals surface area (Å²) in [6.45, 7) is 0. The number of benzene rings is 2. The average Bonchev–Trinajstić information content (AvgIpc) is 3.08. The van der Waals surface area contributed by atoms with E-state index in [4.69, 9.17) is 16.0 Å². The van der Waals surface area contributed by atoms with Crippen LogP contribution in [0.5, 0.6) is 0 Å². The summed E-state index contributed by atoms with van der Waals surface area (Å²) in [6, 6.07) is 14.2. The zero-order valence-electron chi connectivity index (χ0n) is 13.0. The fraction of sp³-hybridized carbons (Fsp3) is 0.0588. The lowest BCUT2D eigenvalue weighted by Crippen LogP contribution is -2.10.